The van der Waals surface area contributed by atoms with Crippen LogP contribution in [0.15, 0.2) is 22.7 Å². The number of para-hydroxylation sites is 1. The molecule has 6 heteroatoms. The minimum absolute atomic E-state index is 0.159. The number of hydrogen-bond acceptors (Lipinski definition) is 4. The number of hydrazine groups is 1. The largest absolute Gasteiger partial charge is 0.493 e. The number of benzene rings is 1. The monoisotopic (exact) mass is 316 g/mol. The van der Waals surface area contributed by atoms with E-state index in [4.69, 9.17) is 15.3 Å². The molecule has 1 aromatic carbocycles. The Bertz CT molecular complexity index is 399. The predicted molar refractivity (Wildman–Crippen MR) is 72.4 cm³/mol. The first-order chi connectivity index (χ1) is 8.69. The molecule has 0 unspecified atom stereocenters. The Morgan fingerprint density at radius 3 is 2.89 bits per heavy atom. The second-order valence-electron chi connectivity index (χ2n) is 3.64. The maximum Gasteiger partial charge on any atom is 0.233 e. The molecule has 0 aliphatic carbocycles. The van der Waals surface area contributed by atoms with Gasteiger partial charge in [-0.1, -0.05) is 6.07 Å². The van der Waals surface area contributed by atoms with Crippen LogP contribution in [-0.4, -0.2) is 19.6 Å². The summed E-state index contributed by atoms with van der Waals surface area (Å²) in [7, 11) is 1.60. The van der Waals surface area contributed by atoms with Crippen molar-refractivity contribution in [1.29, 1.82) is 0 Å². The Labute approximate surface area is 115 Å². The van der Waals surface area contributed by atoms with E-state index in [9.17, 15) is 4.79 Å². The quantitative estimate of drug-likeness (QED) is 0.349. The molecule has 5 nitrogen and oxygen atoms in total. The number of hydrogen-bond donors (Lipinski definition) is 2. The number of methoxy groups -OCH3 is 1. The zero-order valence-electron chi connectivity index (χ0n) is 10.2. The van der Waals surface area contributed by atoms with Gasteiger partial charge in [0.2, 0.25) is 5.91 Å². The molecule has 0 saturated heterocycles. The van der Waals surface area contributed by atoms with Gasteiger partial charge in [0.1, 0.15) is 0 Å². The van der Waals surface area contributed by atoms with Crippen LogP contribution in [0.3, 0.4) is 0 Å². The fourth-order valence-corrected chi connectivity index (χ4v) is 1.89. The van der Waals surface area contributed by atoms with Gasteiger partial charge in [-0.2, -0.15) is 0 Å². The summed E-state index contributed by atoms with van der Waals surface area (Å²) >= 11 is 3.41. The van der Waals surface area contributed by atoms with Crippen LogP contribution in [0, 0.1) is 0 Å². The first kappa shape index (κ1) is 14.8. The van der Waals surface area contributed by atoms with Crippen LogP contribution in [0.1, 0.15) is 19.3 Å². The lowest BCUT2D eigenvalue weighted by Gasteiger charge is -2.11. The Morgan fingerprint density at radius 2 is 2.22 bits per heavy atom. The van der Waals surface area contributed by atoms with Gasteiger partial charge >= 0.3 is 0 Å². The van der Waals surface area contributed by atoms with Crippen molar-refractivity contribution in [2.24, 2.45) is 5.84 Å². The van der Waals surface area contributed by atoms with Crippen LogP contribution >= 0.6 is 15.9 Å². The van der Waals surface area contributed by atoms with Gasteiger partial charge in [-0.3, -0.25) is 10.2 Å². The van der Waals surface area contributed by atoms with Crippen LogP contribution in [0.4, 0.5) is 0 Å². The number of rotatable bonds is 7. The van der Waals surface area contributed by atoms with E-state index in [-0.39, 0.29) is 5.91 Å². The van der Waals surface area contributed by atoms with Crippen LogP contribution in [0.2, 0.25) is 0 Å². The maximum absolute atomic E-state index is 10.9. The van der Waals surface area contributed by atoms with Gasteiger partial charge < -0.3 is 9.47 Å². The highest BCUT2D eigenvalue weighted by Crippen LogP contribution is 2.34. The molecule has 0 radical (unpaired) electrons. The van der Waals surface area contributed by atoms with Gasteiger partial charge in [-0.05, 0) is 40.9 Å². The number of nitrogens with two attached hydrogens (primary N) is 1. The highest BCUT2D eigenvalue weighted by Gasteiger charge is 2.08. The highest BCUT2D eigenvalue weighted by atomic mass is 79.9. The van der Waals surface area contributed by atoms with Crippen LogP contribution < -0.4 is 20.7 Å². The van der Waals surface area contributed by atoms with Crippen molar-refractivity contribution >= 4 is 21.8 Å². The summed E-state index contributed by atoms with van der Waals surface area (Å²) in [5, 5.41) is 0. The first-order valence-electron chi connectivity index (χ1n) is 5.63. The number of carbonyl (C=O) groups excluding carboxylic acids is 1. The number of carbonyl (C=O) groups is 1. The molecule has 0 aliphatic heterocycles. The summed E-state index contributed by atoms with van der Waals surface area (Å²) in [6.45, 7) is 0.525. The zero-order chi connectivity index (χ0) is 13.4. The van der Waals surface area contributed by atoms with E-state index in [0.29, 0.717) is 24.5 Å². The fraction of sp³-hybridized carbons (Fsp3) is 0.417. The lowest BCUT2D eigenvalue weighted by atomic mass is 10.2. The molecule has 0 atom stereocenters. The fourth-order valence-electron chi connectivity index (χ4n) is 1.42. The van der Waals surface area contributed by atoms with Crippen molar-refractivity contribution < 1.29 is 14.3 Å². The van der Waals surface area contributed by atoms with Crippen LogP contribution in [-0.2, 0) is 4.79 Å². The molecule has 3 N–H and O–H groups in total. The number of ether oxygens (including phenoxy) is 2. The molecule has 0 saturated carbocycles. The second-order valence-corrected chi connectivity index (χ2v) is 4.50. The first-order valence-corrected chi connectivity index (χ1v) is 6.43. The minimum Gasteiger partial charge on any atom is -0.493 e. The van der Waals surface area contributed by atoms with Gasteiger partial charge in [-0.25, -0.2) is 5.84 Å². The summed E-state index contributed by atoms with van der Waals surface area (Å²) in [5.74, 6) is 6.19. The summed E-state index contributed by atoms with van der Waals surface area (Å²) in [6.07, 6.45) is 1.92. The Hall–Kier alpha value is -1.27. The van der Waals surface area contributed by atoms with Gasteiger partial charge in [0, 0.05) is 6.42 Å². The molecule has 0 bridgehead atoms. The molecule has 0 fully saturated rings. The Balaban J connectivity index is 2.37. The van der Waals surface area contributed by atoms with E-state index < -0.39 is 0 Å². The highest BCUT2D eigenvalue weighted by molar-refractivity contribution is 9.10. The second kappa shape index (κ2) is 7.94. The standard InChI is InChI=1S/C12H17BrN2O3/c1-17-10-6-4-5-9(13)12(10)18-8-3-2-7-11(16)15-14/h4-6H,2-3,7-8,14H2,1H3,(H,15,16). The summed E-state index contributed by atoms with van der Waals surface area (Å²) in [5.41, 5.74) is 2.09. The minimum atomic E-state index is -0.159. The van der Waals surface area contributed by atoms with Gasteiger partial charge in [0.25, 0.3) is 0 Å². The molecule has 0 aliphatic rings. The molecule has 1 aromatic rings. The normalized spacial score (nSPS) is 9.94. The molecule has 1 amide bonds. The zero-order valence-corrected chi connectivity index (χ0v) is 11.8. The van der Waals surface area contributed by atoms with Crippen molar-refractivity contribution in [3.8, 4) is 11.5 Å². The Kier molecular flexibility index (Phi) is 6.53. The smallest absolute Gasteiger partial charge is 0.233 e. The van der Waals surface area contributed by atoms with Gasteiger partial charge in [-0.15, -0.1) is 0 Å². The summed E-state index contributed by atoms with van der Waals surface area (Å²) in [6, 6.07) is 5.60. The molecule has 0 heterocycles. The summed E-state index contributed by atoms with van der Waals surface area (Å²) < 4.78 is 11.7. The van der Waals surface area contributed by atoms with E-state index >= 15 is 0 Å². The van der Waals surface area contributed by atoms with Crippen molar-refractivity contribution in [1.82, 2.24) is 5.43 Å². The number of nitrogens with one attached hydrogen (secondary N) is 1. The topological polar surface area (TPSA) is 73.6 Å². The van der Waals surface area contributed by atoms with Gasteiger partial charge in [0.05, 0.1) is 18.2 Å². The third-order valence-corrected chi connectivity index (χ3v) is 2.98. The van der Waals surface area contributed by atoms with E-state index in [2.05, 4.69) is 21.4 Å². The SMILES string of the molecule is COc1cccc(Br)c1OCCCCC(=O)NN. The van der Waals surface area contributed by atoms with E-state index in [1.54, 1.807) is 7.11 Å². The van der Waals surface area contributed by atoms with Crippen LogP contribution in [0.5, 0.6) is 11.5 Å². The molecular weight excluding hydrogens is 300 g/mol. The van der Waals surface area contributed by atoms with Crippen molar-refractivity contribution in [2.45, 2.75) is 19.3 Å². The lowest BCUT2D eigenvalue weighted by molar-refractivity contribution is -0.121. The third-order valence-electron chi connectivity index (χ3n) is 2.36. The summed E-state index contributed by atoms with van der Waals surface area (Å²) in [4.78, 5) is 10.9. The van der Waals surface area contributed by atoms with E-state index in [0.717, 1.165) is 17.3 Å². The molecular formula is C12H17BrN2O3. The molecule has 100 valence electrons. The molecule has 0 aromatic heterocycles. The molecule has 18 heavy (non-hydrogen) atoms. The Morgan fingerprint density at radius 1 is 1.44 bits per heavy atom. The molecule has 1 rings (SSSR count). The average Bonchev–Trinajstić information content (AvgIpc) is 2.39. The number of amides is 1. The van der Waals surface area contributed by atoms with E-state index in [1.807, 2.05) is 18.2 Å². The van der Waals surface area contributed by atoms with Crippen molar-refractivity contribution in [3.63, 3.8) is 0 Å². The average molecular weight is 317 g/mol. The van der Waals surface area contributed by atoms with Crippen LogP contribution in [0.25, 0.3) is 0 Å². The maximum atomic E-state index is 10.9. The molecule has 0 spiro atoms. The third kappa shape index (κ3) is 4.54. The van der Waals surface area contributed by atoms with E-state index in [1.165, 1.54) is 0 Å². The number of unbranched alkanes of at least 4 members (excludes halogenated alkanes) is 1. The van der Waals surface area contributed by atoms with Crippen molar-refractivity contribution in [2.75, 3.05) is 13.7 Å². The number of halogens is 1. The lowest BCUT2D eigenvalue weighted by Crippen LogP contribution is -2.29. The van der Waals surface area contributed by atoms with Gasteiger partial charge in [0.15, 0.2) is 11.5 Å². The van der Waals surface area contributed by atoms with Crippen molar-refractivity contribution in [3.05, 3.63) is 22.7 Å². The predicted octanol–water partition coefficient (Wildman–Crippen LogP) is 2.00.